The Morgan fingerprint density at radius 3 is 2.89 bits per heavy atom. The number of benzene rings is 1. The van der Waals surface area contributed by atoms with Gasteiger partial charge in [0.2, 0.25) is 0 Å². The summed E-state index contributed by atoms with van der Waals surface area (Å²) in [4.78, 5) is 2.21. The molecule has 4 heteroatoms. The number of nitrogens with two attached hydrogens (primary N) is 1. The van der Waals surface area contributed by atoms with Gasteiger partial charge in [-0.15, -0.1) is 0 Å². The number of aliphatic hydroxyl groups is 1. The summed E-state index contributed by atoms with van der Waals surface area (Å²) in [5.41, 5.74) is 7.55. The first-order valence-electron chi connectivity index (χ1n) is 6.48. The van der Waals surface area contributed by atoms with Gasteiger partial charge in [-0.05, 0) is 42.1 Å². The number of hydrogen-bond acceptors (Lipinski definition) is 3. The lowest BCUT2D eigenvalue weighted by Crippen LogP contribution is -2.42. The Morgan fingerprint density at radius 2 is 2.22 bits per heavy atom. The largest absolute Gasteiger partial charge is 0.392 e. The number of halogens is 1. The van der Waals surface area contributed by atoms with Gasteiger partial charge in [0.15, 0.2) is 0 Å². The van der Waals surface area contributed by atoms with E-state index in [2.05, 4.69) is 11.8 Å². The number of β-amino-alcohol motifs (C(OH)–C–C–N with tert-alkyl or cyclic N) is 1. The Labute approximate surface area is 107 Å². The van der Waals surface area contributed by atoms with Gasteiger partial charge in [-0.2, -0.15) is 0 Å². The average molecular weight is 252 g/mol. The minimum atomic E-state index is -0.263. The van der Waals surface area contributed by atoms with E-state index in [0.29, 0.717) is 19.0 Å². The number of hydrogen-bond donors (Lipinski definition) is 2. The van der Waals surface area contributed by atoms with Crippen molar-refractivity contribution in [3.8, 4) is 0 Å². The lowest BCUT2D eigenvalue weighted by molar-refractivity contribution is 0.0258. The van der Waals surface area contributed by atoms with E-state index >= 15 is 0 Å². The van der Waals surface area contributed by atoms with E-state index in [9.17, 15) is 9.50 Å². The SMILES string of the molecule is CC1CCN(Cc2ccc(F)cc2CN)CC1O. The van der Waals surface area contributed by atoms with Crippen LogP contribution in [0.25, 0.3) is 0 Å². The molecule has 0 saturated carbocycles. The standard InChI is InChI=1S/C14H21FN2O/c1-10-4-5-17(9-14(10)18)8-11-2-3-13(15)6-12(11)7-16/h2-3,6,10,14,18H,4-5,7-9,16H2,1H3. The molecule has 18 heavy (non-hydrogen) atoms. The zero-order valence-corrected chi connectivity index (χ0v) is 10.8. The molecular weight excluding hydrogens is 231 g/mol. The molecule has 1 aliphatic heterocycles. The van der Waals surface area contributed by atoms with Crippen molar-refractivity contribution in [2.45, 2.75) is 32.5 Å². The fourth-order valence-corrected chi connectivity index (χ4v) is 2.44. The highest BCUT2D eigenvalue weighted by Crippen LogP contribution is 2.20. The smallest absolute Gasteiger partial charge is 0.123 e. The number of nitrogens with zero attached hydrogens (tertiary/aromatic N) is 1. The van der Waals surface area contributed by atoms with Gasteiger partial charge in [0.05, 0.1) is 6.10 Å². The number of likely N-dealkylation sites (tertiary alicyclic amines) is 1. The first kappa shape index (κ1) is 13.5. The minimum absolute atomic E-state index is 0.244. The molecule has 2 rings (SSSR count). The predicted molar refractivity (Wildman–Crippen MR) is 69.4 cm³/mol. The van der Waals surface area contributed by atoms with Crippen LogP contribution in [0, 0.1) is 11.7 Å². The summed E-state index contributed by atoms with van der Waals surface area (Å²) in [5, 5.41) is 9.87. The average Bonchev–Trinajstić information content (AvgIpc) is 2.36. The molecule has 1 saturated heterocycles. The molecule has 1 fully saturated rings. The van der Waals surface area contributed by atoms with Crippen molar-refractivity contribution in [2.75, 3.05) is 13.1 Å². The third kappa shape index (κ3) is 3.07. The van der Waals surface area contributed by atoms with Crippen molar-refractivity contribution in [1.82, 2.24) is 4.90 Å². The van der Waals surface area contributed by atoms with Crippen molar-refractivity contribution in [2.24, 2.45) is 11.7 Å². The molecule has 0 spiro atoms. The van der Waals surface area contributed by atoms with Gasteiger partial charge in [-0.25, -0.2) is 4.39 Å². The van der Waals surface area contributed by atoms with Crippen molar-refractivity contribution in [1.29, 1.82) is 0 Å². The van der Waals surface area contributed by atoms with Gasteiger partial charge in [-0.3, -0.25) is 4.90 Å². The molecule has 2 unspecified atom stereocenters. The maximum absolute atomic E-state index is 13.1. The number of piperidine rings is 1. The van der Waals surface area contributed by atoms with Crippen LogP contribution in [0.3, 0.4) is 0 Å². The summed E-state index contributed by atoms with van der Waals surface area (Å²) in [6.07, 6.45) is 0.737. The van der Waals surface area contributed by atoms with Gasteiger partial charge in [0, 0.05) is 19.6 Å². The summed E-state index contributed by atoms with van der Waals surface area (Å²) in [5.74, 6) is 0.120. The van der Waals surface area contributed by atoms with Crippen LogP contribution in [0.2, 0.25) is 0 Å². The van der Waals surface area contributed by atoms with E-state index in [1.54, 1.807) is 6.07 Å². The first-order valence-corrected chi connectivity index (χ1v) is 6.48. The Balaban J connectivity index is 2.05. The topological polar surface area (TPSA) is 49.5 Å². The van der Waals surface area contributed by atoms with Crippen LogP contribution in [0.5, 0.6) is 0 Å². The minimum Gasteiger partial charge on any atom is -0.392 e. The highest BCUT2D eigenvalue weighted by molar-refractivity contribution is 5.27. The van der Waals surface area contributed by atoms with Crippen molar-refractivity contribution in [3.05, 3.63) is 35.1 Å². The van der Waals surface area contributed by atoms with Gasteiger partial charge in [-0.1, -0.05) is 13.0 Å². The first-order chi connectivity index (χ1) is 8.60. The summed E-state index contributed by atoms with van der Waals surface area (Å²) in [7, 11) is 0. The van der Waals surface area contributed by atoms with Crippen LogP contribution in [0.4, 0.5) is 4.39 Å². The third-order valence-electron chi connectivity index (χ3n) is 3.78. The lowest BCUT2D eigenvalue weighted by atomic mass is 9.95. The van der Waals surface area contributed by atoms with Crippen molar-refractivity contribution < 1.29 is 9.50 Å². The zero-order chi connectivity index (χ0) is 13.1. The Hall–Kier alpha value is -0.970. The molecule has 0 aliphatic carbocycles. The van der Waals surface area contributed by atoms with Gasteiger partial charge >= 0.3 is 0 Å². The van der Waals surface area contributed by atoms with Crippen LogP contribution >= 0.6 is 0 Å². The van der Waals surface area contributed by atoms with Crippen LogP contribution in [-0.2, 0) is 13.1 Å². The highest BCUT2D eigenvalue weighted by Gasteiger charge is 2.24. The molecule has 2 atom stereocenters. The van der Waals surface area contributed by atoms with Crippen LogP contribution in [-0.4, -0.2) is 29.2 Å². The van der Waals surface area contributed by atoms with Crippen molar-refractivity contribution in [3.63, 3.8) is 0 Å². The quantitative estimate of drug-likeness (QED) is 0.857. The van der Waals surface area contributed by atoms with Gasteiger partial charge < -0.3 is 10.8 Å². The summed E-state index contributed by atoms with van der Waals surface area (Å²) >= 11 is 0. The van der Waals surface area contributed by atoms with E-state index in [1.165, 1.54) is 12.1 Å². The van der Waals surface area contributed by atoms with E-state index in [0.717, 1.165) is 30.6 Å². The van der Waals surface area contributed by atoms with E-state index < -0.39 is 0 Å². The summed E-state index contributed by atoms with van der Waals surface area (Å²) in [6, 6.07) is 4.76. The molecule has 1 aliphatic rings. The molecule has 3 nitrogen and oxygen atoms in total. The second-order valence-corrected chi connectivity index (χ2v) is 5.19. The highest BCUT2D eigenvalue weighted by atomic mass is 19.1. The van der Waals surface area contributed by atoms with Gasteiger partial charge in [0.25, 0.3) is 0 Å². The molecule has 100 valence electrons. The monoisotopic (exact) mass is 252 g/mol. The summed E-state index contributed by atoms with van der Waals surface area (Å²) < 4.78 is 13.1. The van der Waals surface area contributed by atoms with Gasteiger partial charge in [0.1, 0.15) is 5.82 Å². The Bertz CT molecular complexity index is 411. The number of rotatable bonds is 3. The normalized spacial score (nSPS) is 25.3. The maximum Gasteiger partial charge on any atom is 0.123 e. The molecule has 0 bridgehead atoms. The fourth-order valence-electron chi connectivity index (χ4n) is 2.44. The molecule has 1 heterocycles. The third-order valence-corrected chi connectivity index (χ3v) is 3.78. The molecular formula is C14H21FN2O. The predicted octanol–water partition coefficient (Wildman–Crippen LogP) is 1.49. The summed E-state index contributed by atoms with van der Waals surface area (Å²) in [6.45, 7) is 4.81. The second kappa shape index (κ2) is 5.78. The molecule has 1 aromatic rings. The van der Waals surface area contributed by atoms with Crippen LogP contribution in [0.15, 0.2) is 18.2 Å². The van der Waals surface area contributed by atoms with E-state index in [4.69, 9.17) is 5.73 Å². The van der Waals surface area contributed by atoms with Crippen LogP contribution < -0.4 is 5.73 Å². The Morgan fingerprint density at radius 1 is 1.44 bits per heavy atom. The fraction of sp³-hybridized carbons (Fsp3) is 0.571. The molecule has 0 aromatic heterocycles. The van der Waals surface area contributed by atoms with Crippen LogP contribution in [0.1, 0.15) is 24.5 Å². The van der Waals surface area contributed by atoms with E-state index in [1.807, 2.05) is 0 Å². The van der Waals surface area contributed by atoms with E-state index in [-0.39, 0.29) is 11.9 Å². The van der Waals surface area contributed by atoms with Crippen molar-refractivity contribution >= 4 is 0 Å². The second-order valence-electron chi connectivity index (χ2n) is 5.19. The molecule has 0 amide bonds. The molecule has 1 aromatic carbocycles. The Kier molecular flexibility index (Phi) is 4.32. The maximum atomic E-state index is 13.1. The zero-order valence-electron chi connectivity index (χ0n) is 10.8. The number of aliphatic hydroxyl groups excluding tert-OH is 1. The molecule has 3 N–H and O–H groups in total. The molecule has 0 radical (unpaired) electrons. The lowest BCUT2D eigenvalue weighted by Gasteiger charge is -2.34.